The van der Waals surface area contributed by atoms with Crippen LogP contribution in [-0.2, 0) is 4.79 Å². The van der Waals surface area contributed by atoms with Gasteiger partial charge in [0.05, 0.1) is 0 Å². The highest BCUT2D eigenvalue weighted by Gasteiger charge is 2.08. The van der Waals surface area contributed by atoms with Crippen LogP contribution in [0.25, 0.3) is 5.69 Å². The number of rotatable bonds is 6. The third-order valence-corrected chi connectivity index (χ3v) is 2.75. The zero-order valence-electron chi connectivity index (χ0n) is 10.9. The zero-order valence-corrected chi connectivity index (χ0v) is 10.9. The number of halogens is 1. The molecule has 1 aromatic carbocycles. The van der Waals surface area contributed by atoms with Crippen molar-refractivity contribution in [1.29, 1.82) is 0 Å². The molecule has 1 amide bonds. The number of carbonyl (C=O) groups is 1. The Morgan fingerprint density at radius 3 is 2.90 bits per heavy atom. The van der Waals surface area contributed by atoms with Crippen molar-refractivity contribution in [2.24, 2.45) is 5.73 Å². The molecule has 0 aliphatic carbocycles. The first kappa shape index (κ1) is 14.1. The monoisotopic (exact) mass is 277 g/mol. The average Bonchev–Trinajstić information content (AvgIpc) is 2.93. The molecule has 0 saturated carbocycles. The van der Waals surface area contributed by atoms with Gasteiger partial charge in [-0.1, -0.05) is 0 Å². The molecule has 3 N–H and O–H groups in total. The lowest BCUT2D eigenvalue weighted by Crippen LogP contribution is -2.12. The first-order chi connectivity index (χ1) is 9.70. The van der Waals surface area contributed by atoms with E-state index in [9.17, 15) is 9.18 Å². The fourth-order valence-electron chi connectivity index (χ4n) is 1.76. The summed E-state index contributed by atoms with van der Waals surface area (Å²) in [6, 6.07) is 4.43. The van der Waals surface area contributed by atoms with Crippen LogP contribution in [0.15, 0.2) is 30.9 Å². The van der Waals surface area contributed by atoms with E-state index in [1.165, 1.54) is 23.4 Å². The fourth-order valence-corrected chi connectivity index (χ4v) is 1.76. The minimum Gasteiger partial charge on any atom is -0.330 e. The van der Waals surface area contributed by atoms with Gasteiger partial charge in [-0.3, -0.25) is 4.79 Å². The van der Waals surface area contributed by atoms with Crippen LogP contribution in [-0.4, -0.2) is 27.2 Å². The Bertz CT molecular complexity index is 570. The number of nitrogens with one attached hydrogen (secondary N) is 1. The van der Waals surface area contributed by atoms with Crippen molar-refractivity contribution in [3.63, 3.8) is 0 Å². The Morgan fingerprint density at radius 1 is 1.40 bits per heavy atom. The lowest BCUT2D eigenvalue weighted by Gasteiger charge is -2.07. The molecule has 0 aliphatic rings. The molecule has 1 heterocycles. The van der Waals surface area contributed by atoms with Crippen molar-refractivity contribution in [2.75, 3.05) is 11.9 Å². The first-order valence-corrected chi connectivity index (χ1v) is 6.35. The van der Waals surface area contributed by atoms with E-state index >= 15 is 0 Å². The second kappa shape index (κ2) is 6.76. The number of aromatic nitrogens is 3. The summed E-state index contributed by atoms with van der Waals surface area (Å²) in [5.74, 6) is -0.624. The minimum atomic E-state index is -0.477. The van der Waals surface area contributed by atoms with E-state index in [0.29, 0.717) is 18.7 Å². The molecule has 2 rings (SSSR count). The largest absolute Gasteiger partial charge is 0.330 e. The van der Waals surface area contributed by atoms with Crippen LogP contribution in [0, 0.1) is 5.82 Å². The number of benzene rings is 1. The quantitative estimate of drug-likeness (QED) is 0.783. The summed E-state index contributed by atoms with van der Waals surface area (Å²) in [7, 11) is 0. The highest BCUT2D eigenvalue weighted by atomic mass is 19.1. The van der Waals surface area contributed by atoms with Crippen molar-refractivity contribution < 1.29 is 9.18 Å². The van der Waals surface area contributed by atoms with Crippen molar-refractivity contribution in [2.45, 2.75) is 19.3 Å². The SMILES string of the molecule is NCCCCC(=O)Nc1ccc(-n2cncn2)c(F)c1. The Hall–Kier alpha value is -2.28. The van der Waals surface area contributed by atoms with Crippen molar-refractivity contribution in [3.05, 3.63) is 36.7 Å². The molecule has 0 atom stereocenters. The van der Waals surface area contributed by atoms with E-state index in [1.807, 2.05) is 0 Å². The third kappa shape index (κ3) is 3.61. The van der Waals surface area contributed by atoms with Gasteiger partial charge in [-0.05, 0) is 37.6 Å². The summed E-state index contributed by atoms with van der Waals surface area (Å²) in [4.78, 5) is 15.4. The van der Waals surface area contributed by atoms with E-state index in [-0.39, 0.29) is 11.6 Å². The number of nitrogens with two attached hydrogens (primary N) is 1. The van der Waals surface area contributed by atoms with Crippen molar-refractivity contribution in [1.82, 2.24) is 14.8 Å². The van der Waals surface area contributed by atoms with Crippen LogP contribution in [0.3, 0.4) is 0 Å². The van der Waals surface area contributed by atoms with Crippen LogP contribution in [0.2, 0.25) is 0 Å². The summed E-state index contributed by atoms with van der Waals surface area (Å²) in [5.41, 5.74) is 6.06. The van der Waals surface area contributed by atoms with Gasteiger partial charge in [-0.25, -0.2) is 14.1 Å². The topological polar surface area (TPSA) is 85.8 Å². The Balaban J connectivity index is 2.00. The molecule has 7 heteroatoms. The van der Waals surface area contributed by atoms with Gasteiger partial charge in [-0.2, -0.15) is 5.10 Å². The Labute approximate surface area is 115 Å². The maximum Gasteiger partial charge on any atom is 0.224 e. The van der Waals surface area contributed by atoms with Crippen LogP contribution < -0.4 is 11.1 Å². The number of unbranched alkanes of at least 4 members (excludes halogenated alkanes) is 1. The van der Waals surface area contributed by atoms with Crippen LogP contribution in [0.5, 0.6) is 0 Å². The van der Waals surface area contributed by atoms with Gasteiger partial charge in [-0.15, -0.1) is 0 Å². The Kier molecular flexibility index (Phi) is 4.78. The molecule has 0 fully saturated rings. The second-order valence-electron chi connectivity index (χ2n) is 4.30. The summed E-state index contributed by atoms with van der Waals surface area (Å²) in [5, 5.41) is 6.50. The summed E-state index contributed by atoms with van der Waals surface area (Å²) >= 11 is 0. The number of hydrogen-bond donors (Lipinski definition) is 2. The van der Waals surface area contributed by atoms with Gasteiger partial charge < -0.3 is 11.1 Å². The molecule has 106 valence electrons. The average molecular weight is 277 g/mol. The van der Waals surface area contributed by atoms with Crippen molar-refractivity contribution >= 4 is 11.6 Å². The van der Waals surface area contributed by atoms with Gasteiger partial charge in [0, 0.05) is 12.1 Å². The summed E-state index contributed by atoms with van der Waals surface area (Å²) in [6.45, 7) is 0.564. The smallest absolute Gasteiger partial charge is 0.224 e. The van der Waals surface area contributed by atoms with E-state index in [1.54, 1.807) is 12.1 Å². The van der Waals surface area contributed by atoms with Gasteiger partial charge in [0.2, 0.25) is 5.91 Å². The standard InChI is InChI=1S/C13H16FN5O/c14-11-7-10(18-13(20)3-1-2-6-15)4-5-12(11)19-9-16-8-17-19/h4-5,7-9H,1-3,6,15H2,(H,18,20). The van der Waals surface area contributed by atoms with Gasteiger partial charge in [0.15, 0.2) is 5.82 Å². The van der Waals surface area contributed by atoms with Crippen molar-refractivity contribution in [3.8, 4) is 5.69 Å². The molecular weight excluding hydrogens is 261 g/mol. The highest BCUT2D eigenvalue weighted by Crippen LogP contribution is 2.17. The number of hydrogen-bond acceptors (Lipinski definition) is 4. The predicted octanol–water partition coefficient (Wildman–Crippen LogP) is 1.47. The molecule has 0 unspecified atom stereocenters. The lowest BCUT2D eigenvalue weighted by molar-refractivity contribution is -0.116. The molecule has 0 bridgehead atoms. The summed E-state index contributed by atoms with van der Waals surface area (Å²) < 4.78 is 15.2. The van der Waals surface area contributed by atoms with Crippen LogP contribution in [0.1, 0.15) is 19.3 Å². The third-order valence-electron chi connectivity index (χ3n) is 2.75. The number of amides is 1. The summed E-state index contributed by atoms with van der Waals surface area (Å²) in [6.07, 6.45) is 4.63. The van der Waals surface area contributed by atoms with Gasteiger partial charge >= 0.3 is 0 Å². The molecule has 6 nitrogen and oxygen atoms in total. The molecule has 1 aromatic heterocycles. The number of carbonyl (C=O) groups excluding carboxylic acids is 1. The van der Waals surface area contributed by atoms with Crippen LogP contribution >= 0.6 is 0 Å². The van der Waals surface area contributed by atoms with E-state index < -0.39 is 5.82 Å². The zero-order chi connectivity index (χ0) is 14.4. The lowest BCUT2D eigenvalue weighted by atomic mass is 10.2. The van der Waals surface area contributed by atoms with E-state index in [2.05, 4.69) is 15.4 Å². The molecular formula is C13H16FN5O. The molecule has 0 saturated heterocycles. The second-order valence-corrected chi connectivity index (χ2v) is 4.30. The van der Waals surface area contributed by atoms with Crippen LogP contribution in [0.4, 0.5) is 10.1 Å². The van der Waals surface area contributed by atoms with Gasteiger partial charge in [0.25, 0.3) is 0 Å². The normalized spacial score (nSPS) is 10.5. The molecule has 20 heavy (non-hydrogen) atoms. The first-order valence-electron chi connectivity index (χ1n) is 6.35. The maximum absolute atomic E-state index is 13.9. The maximum atomic E-state index is 13.9. The molecule has 0 radical (unpaired) electrons. The van der Waals surface area contributed by atoms with Gasteiger partial charge in [0.1, 0.15) is 18.3 Å². The Morgan fingerprint density at radius 2 is 2.25 bits per heavy atom. The number of anilines is 1. The highest BCUT2D eigenvalue weighted by molar-refractivity contribution is 5.90. The number of nitrogens with zero attached hydrogens (tertiary/aromatic N) is 3. The fraction of sp³-hybridized carbons (Fsp3) is 0.308. The molecule has 2 aromatic rings. The van der Waals surface area contributed by atoms with E-state index in [4.69, 9.17) is 5.73 Å². The molecule has 0 spiro atoms. The molecule has 0 aliphatic heterocycles. The van der Waals surface area contributed by atoms with E-state index in [0.717, 1.165) is 12.8 Å². The predicted molar refractivity (Wildman–Crippen MR) is 72.9 cm³/mol. The minimum absolute atomic E-state index is 0.147.